The molecule has 27 nitrogen and oxygen atoms in total. The molecule has 10 heterocycles. The molecule has 15 rings (SSSR count). The highest BCUT2D eigenvalue weighted by Crippen LogP contribution is 2.39. The van der Waals surface area contributed by atoms with Crippen LogP contribution in [0.5, 0.6) is 5.75 Å². The molecule has 116 heavy (non-hydrogen) atoms. The Morgan fingerprint density at radius 3 is 1.10 bits per heavy atom. The van der Waals surface area contributed by atoms with Crippen LogP contribution >= 0.6 is 56.7 Å². The van der Waals surface area contributed by atoms with Crippen molar-refractivity contribution in [3.8, 4) is 5.75 Å². The lowest BCUT2D eigenvalue weighted by Crippen LogP contribution is -2.23. The van der Waals surface area contributed by atoms with Gasteiger partial charge in [0.15, 0.2) is 0 Å². The predicted octanol–water partition coefficient (Wildman–Crippen LogP) is 13.6. The Hall–Kier alpha value is -12.6. The molecule has 5 amide bonds. The van der Waals surface area contributed by atoms with Gasteiger partial charge in [-0.3, -0.25) is 28.2 Å². The second-order valence-electron chi connectivity index (χ2n) is 26.9. The quantitative estimate of drug-likeness (QED) is 0.0379. The minimum atomic E-state index is -2.24. The first-order chi connectivity index (χ1) is 55.4. The van der Waals surface area contributed by atoms with Gasteiger partial charge in [0, 0.05) is 76.4 Å². The smallest absolute Gasteiger partial charge is 0.263 e. The van der Waals surface area contributed by atoms with Crippen LogP contribution in [0, 0.1) is 68.1 Å². The lowest BCUT2D eigenvalue weighted by Gasteiger charge is -2.07. The number of anilines is 5. The maximum atomic E-state index is 13.9. The summed E-state index contributed by atoms with van der Waals surface area (Å²) in [5.41, 5.74) is 45.4. The van der Waals surface area contributed by atoms with Crippen molar-refractivity contribution in [2.45, 2.75) is 99.9 Å². The molecule has 15 N–H and O–H groups in total. The first-order valence-corrected chi connectivity index (χ1v) is 42.0. The molecule has 1 unspecified atom stereocenters. The van der Waals surface area contributed by atoms with Gasteiger partial charge in [-0.05, 0) is 159 Å². The van der Waals surface area contributed by atoms with Crippen molar-refractivity contribution in [1.29, 1.82) is 0 Å². The highest BCUT2D eigenvalue weighted by Gasteiger charge is 2.25. The fourth-order valence-corrected chi connectivity index (χ4v) is 17.4. The predicted molar refractivity (Wildman–Crippen MR) is 466 cm³/mol. The largest absolute Gasteiger partial charge is 0.497 e. The molecule has 0 bridgehead atoms. The van der Waals surface area contributed by atoms with Crippen molar-refractivity contribution < 1.29 is 37.3 Å². The molecule has 5 aromatic carbocycles. The van der Waals surface area contributed by atoms with E-state index in [1.165, 1.54) is 74.0 Å². The number of methoxy groups -OCH3 is 1. The van der Waals surface area contributed by atoms with E-state index in [4.69, 9.17) is 33.4 Å². The SMILES string of the molecule is C=S(C)(=O)c1ccc(CNC(=O)c2sc3nnc(C)c(C)c3c2N)cc1.COc1ccc(CNC(=O)c2sc3nnc(C)c(C)c3c2N)cc1.Cc1cccc(CNC(=O)c2sc3nnc(C)c(C)c3c2N)c1.Cc1cccc(CNC(=O)c2sc3nnccc3c2N)c1.Cc1cccc(CNC(=O)c2sc3nnccc3c2N)c1F. The Labute approximate surface area is 687 Å². The van der Waals surface area contributed by atoms with Crippen molar-refractivity contribution in [1.82, 2.24) is 77.6 Å². The number of thiophene rings is 5. The van der Waals surface area contributed by atoms with Crippen LogP contribution in [0.1, 0.15) is 127 Å². The van der Waals surface area contributed by atoms with E-state index in [-0.39, 0.29) is 41.9 Å². The summed E-state index contributed by atoms with van der Waals surface area (Å²) in [6, 6.07) is 39.4. The summed E-state index contributed by atoms with van der Waals surface area (Å²) < 4.78 is 30.9. The first kappa shape index (κ1) is 84.3. The van der Waals surface area contributed by atoms with Crippen LogP contribution in [0.4, 0.5) is 32.8 Å². The number of fused-ring (bicyclic) bond motifs is 5. The zero-order valence-corrected chi connectivity index (χ0v) is 70.0. The number of rotatable bonds is 17. The molecule has 1 atom stereocenters. The van der Waals surface area contributed by atoms with Gasteiger partial charge in [0.1, 0.15) is 60.1 Å². The lowest BCUT2D eigenvalue weighted by atomic mass is 10.1. The van der Waals surface area contributed by atoms with Gasteiger partial charge in [-0.25, -0.2) is 4.39 Å². The fourth-order valence-electron chi connectivity index (χ4n) is 11.7. The molecule has 0 saturated heterocycles. The molecule has 10 aromatic heterocycles. The molecule has 0 spiro atoms. The van der Waals surface area contributed by atoms with Gasteiger partial charge in [0.2, 0.25) is 0 Å². The van der Waals surface area contributed by atoms with E-state index in [2.05, 4.69) is 83.4 Å². The molecule has 0 saturated carbocycles. The minimum Gasteiger partial charge on any atom is -0.497 e. The van der Waals surface area contributed by atoms with Gasteiger partial charge >= 0.3 is 0 Å². The number of nitrogen functional groups attached to an aromatic ring is 5. The summed E-state index contributed by atoms with van der Waals surface area (Å²) in [4.78, 5) is 68.3. The normalized spacial score (nSPS) is 11.4. The first-order valence-electron chi connectivity index (χ1n) is 35.7. The number of halogens is 1. The Morgan fingerprint density at radius 2 is 0.750 bits per heavy atom. The molecule has 15 aromatic rings. The molecule has 0 radical (unpaired) electrons. The average molecular weight is 1670 g/mol. The molecule has 0 aliphatic rings. The van der Waals surface area contributed by atoms with E-state index in [9.17, 15) is 32.6 Å². The van der Waals surface area contributed by atoms with Gasteiger partial charge in [0.05, 0.1) is 65.0 Å². The van der Waals surface area contributed by atoms with Crippen molar-refractivity contribution in [2.24, 2.45) is 0 Å². The topological polar surface area (TPSA) is 431 Å². The Kier molecular flexibility index (Phi) is 27.0. The van der Waals surface area contributed by atoms with E-state index in [1.54, 1.807) is 69.0 Å². The number of amides is 5. The number of nitrogens with two attached hydrogens (primary N) is 5. The molecule has 0 fully saturated rings. The molecular weight excluding hydrogens is 1590 g/mol. The highest BCUT2D eigenvalue weighted by molar-refractivity contribution is 7.99. The van der Waals surface area contributed by atoms with Crippen LogP contribution in [-0.2, 0) is 42.2 Å². The maximum absolute atomic E-state index is 13.9. The number of aryl methyl sites for hydroxylation is 9. The van der Waals surface area contributed by atoms with E-state index < -0.39 is 9.52 Å². The summed E-state index contributed by atoms with van der Waals surface area (Å²) in [5, 5.41) is 58.4. The number of carbonyl (C=O) groups excluding carboxylic acids is 5. The zero-order chi connectivity index (χ0) is 83.4. The number of ether oxygens (including phenoxy) is 1. The van der Waals surface area contributed by atoms with Crippen LogP contribution < -0.4 is 60.0 Å². The summed E-state index contributed by atoms with van der Waals surface area (Å²) in [6.07, 6.45) is 4.69. The fraction of sp³-hybridized carbons (Fsp3) is 0.195. The number of nitrogens with zero attached hydrogens (tertiary/aromatic N) is 10. The summed E-state index contributed by atoms with van der Waals surface area (Å²) in [7, 11) is -0.618. The Morgan fingerprint density at radius 1 is 0.414 bits per heavy atom. The van der Waals surface area contributed by atoms with Gasteiger partial charge in [-0.15, -0.1) is 82.2 Å². The van der Waals surface area contributed by atoms with Gasteiger partial charge in [-0.1, -0.05) is 102 Å². The number of aromatic nitrogens is 10. The molecule has 0 aliphatic carbocycles. The van der Waals surface area contributed by atoms with Crippen molar-refractivity contribution in [2.75, 3.05) is 42.0 Å². The van der Waals surface area contributed by atoms with Crippen LogP contribution in [0.15, 0.2) is 145 Å². The standard InChI is InChI=1S/C18H20N4O2S2.C17H18N4O2S.C17H18N4OS.C15H13FN4OS.C15H14N4OS/c1-10-11(2)21-22-18-14(10)15(19)16(25-18)17(23)20-9-12-5-7-13(8-6-12)26(3,4)24;1-9-10(2)20-21-17-13(9)14(18)15(24-17)16(22)19-8-11-4-6-12(23-3)7-5-11;1-9-5-4-6-12(7-9)8-19-16(22)15-14(18)13-10(2)11(3)20-21-17(13)23-15;1-8-3-2-4-9(11(8)16)7-18-14(21)13-12(17)10-5-6-19-20-15(10)22-13;1-9-3-2-4-10(7-9)8-17-14(20)13-12(16)11-5-6-18-19-15(11)21-13/h5-8H,3,9,19H2,1-2,4H3,(H,20,23);4-7H,8,18H2,1-3H3,(H,19,22);4-7H,8,18H2,1-3H3,(H,19,22);2-6H,7,17H2,1H3,(H,18,21);2-7H,8,16H2,1H3,(H,17,20). The number of carbonyl (C=O) groups is 5. The van der Waals surface area contributed by atoms with Gasteiger partial charge < -0.3 is 60.0 Å². The third-order valence-corrected chi connectivity index (χ3v) is 25.3. The van der Waals surface area contributed by atoms with Crippen molar-refractivity contribution >= 4 is 181 Å². The number of benzene rings is 5. The summed E-state index contributed by atoms with van der Waals surface area (Å²) in [5.74, 6) is 2.98. The van der Waals surface area contributed by atoms with Crippen molar-refractivity contribution in [3.63, 3.8) is 0 Å². The number of hydrogen-bond acceptors (Lipinski definition) is 27. The van der Waals surface area contributed by atoms with Crippen LogP contribution in [-0.4, -0.2) is 104 Å². The van der Waals surface area contributed by atoms with E-state index >= 15 is 0 Å². The second kappa shape index (κ2) is 37.1. The van der Waals surface area contributed by atoms with Crippen LogP contribution in [0.3, 0.4) is 0 Å². The van der Waals surface area contributed by atoms with Crippen LogP contribution in [0.25, 0.3) is 51.1 Å². The van der Waals surface area contributed by atoms with Crippen LogP contribution in [0.2, 0.25) is 0 Å². The molecular formula is C82H83FN20O7S6. The van der Waals surface area contributed by atoms with Crippen molar-refractivity contribution in [3.05, 3.63) is 248 Å². The Bertz CT molecular complexity index is 6350. The van der Waals surface area contributed by atoms with Gasteiger partial charge in [0.25, 0.3) is 29.5 Å². The number of nitrogens with one attached hydrogen (secondary N) is 5. The summed E-state index contributed by atoms with van der Waals surface area (Å²) in [6.45, 7) is 19.0. The lowest BCUT2D eigenvalue weighted by molar-refractivity contribution is 0.0947. The minimum absolute atomic E-state index is 0.103. The van der Waals surface area contributed by atoms with Gasteiger partial charge in [-0.2, -0.15) is 25.5 Å². The second-order valence-corrected chi connectivity index (χ2v) is 34.4. The van der Waals surface area contributed by atoms with E-state index in [0.717, 1.165) is 83.3 Å². The molecule has 0 aliphatic heterocycles. The number of hydrogen-bond donors (Lipinski definition) is 10. The maximum Gasteiger partial charge on any atom is 0.263 e. The zero-order valence-electron chi connectivity index (χ0n) is 65.1. The molecule has 34 heteroatoms. The van der Waals surface area contributed by atoms with E-state index in [1.807, 2.05) is 140 Å². The van der Waals surface area contributed by atoms with E-state index in [0.29, 0.717) is 125 Å². The summed E-state index contributed by atoms with van der Waals surface area (Å²) >= 11 is 6.22. The third kappa shape index (κ3) is 19.8. The average Bonchev–Trinajstić information content (AvgIpc) is 1.64. The Balaban J connectivity index is 0.000000143. The third-order valence-electron chi connectivity index (χ3n) is 18.5. The monoisotopic (exact) mass is 1670 g/mol. The molecule has 596 valence electrons. The highest BCUT2D eigenvalue weighted by atomic mass is 32.2.